The summed E-state index contributed by atoms with van der Waals surface area (Å²) in [5.41, 5.74) is 1.31. The molecular weight excluding hydrogens is 292 g/mol. The number of nitrogens with zero attached hydrogens (tertiary/aromatic N) is 1. The lowest BCUT2D eigenvalue weighted by molar-refractivity contribution is -0.0613. The van der Waals surface area contributed by atoms with Crippen molar-refractivity contribution in [3.05, 3.63) is 34.3 Å². The molecule has 0 aliphatic carbocycles. The van der Waals surface area contributed by atoms with Gasteiger partial charge in [0.25, 0.3) is 0 Å². The third-order valence-corrected chi connectivity index (χ3v) is 4.14. The van der Waals surface area contributed by atoms with Gasteiger partial charge < -0.3 is 10.1 Å². The minimum atomic E-state index is 0.211. The third kappa shape index (κ3) is 3.12. The van der Waals surface area contributed by atoms with Gasteiger partial charge in [0.1, 0.15) is 0 Å². The predicted molar refractivity (Wildman–Crippen MR) is 77.8 cm³/mol. The largest absolute Gasteiger partial charge is 0.374 e. The molecule has 2 atom stereocenters. The Morgan fingerprint density at radius 1 is 1.44 bits per heavy atom. The number of halogens is 1. The van der Waals surface area contributed by atoms with Gasteiger partial charge in [-0.1, -0.05) is 41.1 Å². The van der Waals surface area contributed by atoms with Crippen molar-refractivity contribution in [3.63, 3.8) is 0 Å². The molecule has 1 aliphatic heterocycles. The van der Waals surface area contributed by atoms with E-state index in [0.717, 1.165) is 30.7 Å². The molecule has 1 saturated heterocycles. The molecule has 4 heteroatoms. The van der Waals surface area contributed by atoms with Crippen LogP contribution in [0, 0.1) is 0 Å². The molecule has 0 amide bonds. The van der Waals surface area contributed by atoms with Gasteiger partial charge in [0.05, 0.1) is 18.8 Å². The topological polar surface area (TPSA) is 24.5 Å². The van der Waals surface area contributed by atoms with E-state index < -0.39 is 0 Å². The van der Waals surface area contributed by atoms with Crippen LogP contribution in [0.3, 0.4) is 0 Å². The molecule has 1 aliphatic rings. The highest BCUT2D eigenvalue weighted by atomic mass is 79.9. The van der Waals surface area contributed by atoms with Crippen LogP contribution in [-0.4, -0.2) is 44.3 Å². The van der Waals surface area contributed by atoms with E-state index in [1.807, 2.05) is 0 Å². The van der Waals surface area contributed by atoms with Crippen molar-refractivity contribution in [1.29, 1.82) is 0 Å². The van der Waals surface area contributed by atoms with Gasteiger partial charge in [-0.2, -0.15) is 0 Å². The molecule has 1 aromatic carbocycles. The molecule has 3 nitrogen and oxygen atoms in total. The SMILES string of the molecule is CCNCC1OCCN(C)C1c1ccccc1Br. The molecule has 0 bridgehead atoms. The lowest BCUT2D eigenvalue weighted by Crippen LogP contribution is -2.47. The molecule has 2 rings (SSSR count). The Bertz CT molecular complexity index is 386. The first kappa shape index (κ1) is 14.0. The lowest BCUT2D eigenvalue weighted by atomic mass is 9.98. The summed E-state index contributed by atoms with van der Waals surface area (Å²) in [5.74, 6) is 0. The second-order valence-corrected chi connectivity index (χ2v) is 5.52. The van der Waals surface area contributed by atoms with Gasteiger partial charge in [0, 0.05) is 17.6 Å². The first-order valence-electron chi connectivity index (χ1n) is 6.51. The van der Waals surface area contributed by atoms with E-state index in [4.69, 9.17) is 4.74 Å². The standard InChI is InChI=1S/C14H21BrN2O/c1-3-16-10-13-14(17(2)8-9-18-13)11-6-4-5-7-12(11)15/h4-7,13-14,16H,3,8-10H2,1-2H3. The smallest absolute Gasteiger partial charge is 0.0896 e. The van der Waals surface area contributed by atoms with E-state index in [1.165, 1.54) is 5.56 Å². The average molecular weight is 313 g/mol. The van der Waals surface area contributed by atoms with E-state index in [0.29, 0.717) is 6.04 Å². The van der Waals surface area contributed by atoms with Crippen LogP contribution in [0.25, 0.3) is 0 Å². The lowest BCUT2D eigenvalue weighted by Gasteiger charge is -2.40. The van der Waals surface area contributed by atoms with Gasteiger partial charge in [-0.3, -0.25) is 4.90 Å². The number of hydrogen-bond donors (Lipinski definition) is 1. The maximum absolute atomic E-state index is 5.95. The Morgan fingerprint density at radius 3 is 2.94 bits per heavy atom. The minimum Gasteiger partial charge on any atom is -0.374 e. The van der Waals surface area contributed by atoms with Crippen LogP contribution in [-0.2, 0) is 4.74 Å². The van der Waals surface area contributed by atoms with Gasteiger partial charge >= 0.3 is 0 Å². The normalized spacial score (nSPS) is 25.3. The number of likely N-dealkylation sites (N-methyl/N-ethyl adjacent to an activating group) is 2. The van der Waals surface area contributed by atoms with E-state index >= 15 is 0 Å². The molecule has 1 aromatic rings. The zero-order valence-corrected chi connectivity index (χ0v) is 12.6. The number of benzene rings is 1. The number of nitrogens with one attached hydrogen (secondary N) is 1. The zero-order valence-electron chi connectivity index (χ0n) is 11.0. The highest BCUT2D eigenvalue weighted by Crippen LogP contribution is 2.32. The second kappa shape index (κ2) is 6.66. The van der Waals surface area contributed by atoms with Crippen molar-refractivity contribution < 1.29 is 4.74 Å². The Hall–Kier alpha value is -0.420. The second-order valence-electron chi connectivity index (χ2n) is 4.66. The van der Waals surface area contributed by atoms with Crippen LogP contribution in [0.4, 0.5) is 0 Å². The number of ether oxygens (including phenoxy) is 1. The van der Waals surface area contributed by atoms with Crippen LogP contribution in [0.1, 0.15) is 18.5 Å². The highest BCUT2D eigenvalue weighted by molar-refractivity contribution is 9.10. The summed E-state index contributed by atoms with van der Waals surface area (Å²) < 4.78 is 7.11. The molecule has 1 heterocycles. The summed E-state index contributed by atoms with van der Waals surface area (Å²) in [4.78, 5) is 2.38. The van der Waals surface area contributed by atoms with Gasteiger partial charge in [0.2, 0.25) is 0 Å². The maximum atomic E-state index is 5.95. The zero-order chi connectivity index (χ0) is 13.0. The fraction of sp³-hybridized carbons (Fsp3) is 0.571. The highest BCUT2D eigenvalue weighted by Gasteiger charge is 2.32. The van der Waals surface area contributed by atoms with Gasteiger partial charge in [-0.05, 0) is 25.2 Å². The molecule has 2 unspecified atom stereocenters. The minimum absolute atomic E-state index is 0.211. The van der Waals surface area contributed by atoms with Crippen molar-refractivity contribution in [2.24, 2.45) is 0 Å². The molecular formula is C14H21BrN2O. The fourth-order valence-corrected chi connectivity index (χ4v) is 2.99. The molecule has 1 N–H and O–H groups in total. The van der Waals surface area contributed by atoms with Gasteiger partial charge in [0.15, 0.2) is 0 Å². The summed E-state index contributed by atoms with van der Waals surface area (Å²) in [5, 5.41) is 3.39. The van der Waals surface area contributed by atoms with Gasteiger partial charge in [-0.15, -0.1) is 0 Å². The molecule has 0 radical (unpaired) electrons. The van der Waals surface area contributed by atoms with Gasteiger partial charge in [-0.25, -0.2) is 0 Å². The Balaban J connectivity index is 2.21. The van der Waals surface area contributed by atoms with E-state index in [9.17, 15) is 0 Å². The quantitative estimate of drug-likeness (QED) is 0.924. The summed E-state index contributed by atoms with van der Waals surface area (Å²) >= 11 is 3.65. The van der Waals surface area contributed by atoms with E-state index in [1.54, 1.807) is 0 Å². The van der Waals surface area contributed by atoms with Crippen LogP contribution in [0.2, 0.25) is 0 Å². The van der Waals surface area contributed by atoms with Crippen LogP contribution < -0.4 is 5.32 Å². The van der Waals surface area contributed by atoms with Crippen LogP contribution in [0.5, 0.6) is 0 Å². The predicted octanol–water partition coefficient (Wildman–Crippen LogP) is 2.43. The van der Waals surface area contributed by atoms with Crippen molar-refractivity contribution in [3.8, 4) is 0 Å². The molecule has 0 saturated carbocycles. The Labute approximate surface area is 118 Å². The third-order valence-electron chi connectivity index (χ3n) is 3.42. The molecule has 100 valence electrons. The molecule has 1 fully saturated rings. The fourth-order valence-electron chi connectivity index (χ4n) is 2.47. The van der Waals surface area contributed by atoms with E-state index in [-0.39, 0.29) is 6.10 Å². The summed E-state index contributed by atoms with van der Waals surface area (Å²) in [6, 6.07) is 8.73. The molecule has 0 aromatic heterocycles. The monoisotopic (exact) mass is 312 g/mol. The first-order valence-corrected chi connectivity index (χ1v) is 7.30. The average Bonchev–Trinajstić information content (AvgIpc) is 2.38. The van der Waals surface area contributed by atoms with Crippen molar-refractivity contribution in [2.75, 3.05) is 33.3 Å². The van der Waals surface area contributed by atoms with E-state index in [2.05, 4.69) is 64.4 Å². The Morgan fingerprint density at radius 2 is 2.22 bits per heavy atom. The number of hydrogen-bond acceptors (Lipinski definition) is 3. The summed E-state index contributed by atoms with van der Waals surface area (Å²) in [6.45, 7) is 5.79. The van der Waals surface area contributed by atoms with Crippen LogP contribution in [0.15, 0.2) is 28.7 Å². The van der Waals surface area contributed by atoms with Crippen molar-refractivity contribution >= 4 is 15.9 Å². The maximum Gasteiger partial charge on any atom is 0.0896 e. The Kier molecular flexibility index (Phi) is 5.18. The summed E-state index contributed by atoms with van der Waals surface area (Å²) in [7, 11) is 2.17. The number of morpholine rings is 1. The van der Waals surface area contributed by atoms with Crippen LogP contribution >= 0.6 is 15.9 Å². The first-order chi connectivity index (χ1) is 8.74. The molecule has 18 heavy (non-hydrogen) atoms. The molecule has 0 spiro atoms. The number of rotatable bonds is 4. The summed E-state index contributed by atoms with van der Waals surface area (Å²) in [6.07, 6.45) is 0.211. The van der Waals surface area contributed by atoms with Crippen molar-refractivity contribution in [1.82, 2.24) is 10.2 Å². The van der Waals surface area contributed by atoms with Crippen molar-refractivity contribution in [2.45, 2.75) is 19.1 Å².